The second-order valence-corrected chi connectivity index (χ2v) is 3.36. The molecule has 1 saturated carbocycles. The highest BCUT2D eigenvalue weighted by Crippen LogP contribution is 2.16. The predicted molar refractivity (Wildman–Crippen MR) is 52.8 cm³/mol. The second kappa shape index (κ2) is 7.20. The molecule has 1 rings (SSSR count). The van der Waals surface area contributed by atoms with E-state index in [1.165, 1.54) is 32.1 Å². The first-order valence-corrected chi connectivity index (χ1v) is 4.76. The normalized spacial score (nSPS) is 19.4. The smallest absolute Gasteiger partial charge is 0.0348 e. The fraction of sp³-hybridized carbons (Fsp3) is 1.00. The standard InChI is InChI=1S/C8H16ClN.ClH/c9-6-7-10-8-4-2-1-3-5-8;/h8,10H,1-7H2;1H. The van der Waals surface area contributed by atoms with Crippen molar-refractivity contribution >= 4 is 24.0 Å². The molecule has 3 heteroatoms. The highest BCUT2D eigenvalue weighted by atomic mass is 35.5. The Morgan fingerprint density at radius 1 is 1.18 bits per heavy atom. The molecule has 1 N–H and O–H groups in total. The van der Waals surface area contributed by atoms with Gasteiger partial charge in [0.1, 0.15) is 0 Å². The van der Waals surface area contributed by atoms with E-state index in [1.54, 1.807) is 0 Å². The topological polar surface area (TPSA) is 12.0 Å². The molecule has 0 spiro atoms. The number of hydrogen-bond acceptors (Lipinski definition) is 1. The Morgan fingerprint density at radius 3 is 2.36 bits per heavy atom. The highest BCUT2D eigenvalue weighted by molar-refractivity contribution is 6.18. The van der Waals surface area contributed by atoms with E-state index in [1.807, 2.05) is 0 Å². The minimum Gasteiger partial charge on any atom is -0.313 e. The first-order valence-electron chi connectivity index (χ1n) is 4.23. The third-order valence-electron chi connectivity index (χ3n) is 2.13. The van der Waals surface area contributed by atoms with Gasteiger partial charge in [-0.3, -0.25) is 0 Å². The molecule has 0 atom stereocenters. The maximum Gasteiger partial charge on any atom is 0.0348 e. The maximum absolute atomic E-state index is 5.56. The molecular weight excluding hydrogens is 181 g/mol. The van der Waals surface area contributed by atoms with Crippen LogP contribution in [0.5, 0.6) is 0 Å². The summed E-state index contributed by atoms with van der Waals surface area (Å²) in [5, 5.41) is 3.44. The van der Waals surface area contributed by atoms with E-state index in [9.17, 15) is 0 Å². The van der Waals surface area contributed by atoms with Crippen LogP contribution in [0.4, 0.5) is 0 Å². The molecule has 0 saturated heterocycles. The summed E-state index contributed by atoms with van der Waals surface area (Å²) >= 11 is 5.56. The summed E-state index contributed by atoms with van der Waals surface area (Å²) in [6.07, 6.45) is 6.95. The van der Waals surface area contributed by atoms with Crippen LogP contribution in [0.25, 0.3) is 0 Å². The molecule has 68 valence electrons. The highest BCUT2D eigenvalue weighted by Gasteiger charge is 2.10. The van der Waals surface area contributed by atoms with E-state index < -0.39 is 0 Å². The molecule has 0 aliphatic heterocycles. The average Bonchev–Trinajstić information content (AvgIpc) is 2.03. The van der Waals surface area contributed by atoms with Crippen LogP contribution in [-0.2, 0) is 0 Å². The Labute approximate surface area is 80.3 Å². The van der Waals surface area contributed by atoms with Crippen LogP contribution < -0.4 is 5.32 Å². The summed E-state index contributed by atoms with van der Waals surface area (Å²) in [7, 11) is 0. The van der Waals surface area contributed by atoms with E-state index in [-0.39, 0.29) is 12.4 Å². The molecule has 0 aromatic carbocycles. The molecule has 1 fully saturated rings. The number of halogens is 2. The lowest BCUT2D eigenvalue weighted by atomic mass is 9.96. The summed E-state index contributed by atoms with van der Waals surface area (Å²) in [5.41, 5.74) is 0. The van der Waals surface area contributed by atoms with E-state index >= 15 is 0 Å². The van der Waals surface area contributed by atoms with Gasteiger partial charge < -0.3 is 5.32 Å². The van der Waals surface area contributed by atoms with Crippen LogP contribution >= 0.6 is 24.0 Å². The van der Waals surface area contributed by atoms with Crippen LogP contribution in [0.2, 0.25) is 0 Å². The van der Waals surface area contributed by atoms with Crippen molar-refractivity contribution in [1.29, 1.82) is 0 Å². The van der Waals surface area contributed by atoms with Crippen molar-refractivity contribution in [3.05, 3.63) is 0 Å². The quantitative estimate of drug-likeness (QED) is 0.687. The molecule has 0 aromatic heterocycles. The van der Waals surface area contributed by atoms with E-state index in [0.717, 1.165) is 18.5 Å². The molecule has 1 aliphatic carbocycles. The van der Waals surface area contributed by atoms with Gasteiger partial charge in [-0.05, 0) is 12.8 Å². The fourth-order valence-electron chi connectivity index (χ4n) is 1.57. The van der Waals surface area contributed by atoms with Crippen molar-refractivity contribution in [1.82, 2.24) is 5.32 Å². The first-order chi connectivity index (χ1) is 4.93. The second-order valence-electron chi connectivity index (χ2n) is 2.98. The molecule has 0 unspecified atom stereocenters. The molecule has 0 bridgehead atoms. The molecular formula is C8H17Cl2N. The molecule has 0 amide bonds. The van der Waals surface area contributed by atoms with Gasteiger partial charge in [0.2, 0.25) is 0 Å². The molecule has 1 aliphatic rings. The van der Waals surface area contributed by atoms with Crippen molar-refractivity contribution in [3.63, 3.8) is 0 Å². The van der Waals surface area contributed by atoms with E-state index in [4.69, 9.17) is 11.6 Å². The summed E-state index contributed by atoms with van der Waals surface area (Å²) in [6.45, 7) is 0.978. The van der Waals surface area contributed by atoms with Crippen LogP contribution in [0.1, 0.15) is 32.1 Å². The van der Waals surface area contributed by atoms with Crippen LogP contribution in [0.3, 0.4) is 0 Å². The minimum atomic E-state index is 0. The van der Waals surface area contributed by atoms with Gasteiger partial charge in [0.05, 0.1) is 0 Å². The van der Waals surface area contributed by atoms with Crippen LogP contribution in [-0.4, -0.2) is 18.5 Å². The summed E-state index contributed by atoms with van der Waals surface area (Å²) in [6, 6.07) is 0.771. The Morgan fingerprint density at radius 2 is 1.82 bits per heavy atom. The SMILES string of the molecule is Cl.ClCCNC1CCCCC1. The van der Waals surface area contributed by atoms with Gasteiger partial charge in [0, 0.05) is 18.5 Å². The first kappa shape index (κ1) is 11.5. The van der Waals surface area contributed by atoms with Gasteiger partial charge in [-0.1, -0.05) is 19.3 Å². The van der Waals surface area contributed by atoms with Gasteiger partial charge in [-0.25, -0.2) is 0 Å². The Balaban J connectivity index is 0.000001000. The van der Waals surface area contributed by atoms with Crippen molar-refractivity contribution in [2.45, 2.75) is 38.1 Å². The Hall–Kier alpha value is 0.540. The van der Waals surface area contributed by atoms with Gasteiger partial charge in [0.15, 0.2) is 0 Å². The maximum atomic E-state index is 5.56. The Bertz CT molecular complexity index is 82.2. The number of alkyl halides is 1. The lowest BCUT2D eigenvalue weighted by Crippen LogP contribution is -2.32. The van der Waals surface area contributed by atoms with E-state index in [0.29, 0.717) is 0 Å². The van der Waals surface area contributed by atoms with Crippen LogP contribution in [0, 0.1) is 0 Å². The molecule has 0 aromatic rings. The average molecular weight is 198 g/mol. The van der Waals surface area contributed by atoms with Gasteiger partial charge in [-0.2, -0.15) is 0 Å². The predicted octanol–water partition coefficient (Wildman–Crippen LogP) is 2.57. The Kier molecular flexibility index (Phi) is 7.56. The zero-order valence-corrected chi connectivity index (χ0v) is 8.39. The molecule has 0 heterocycles. The molecule has 0 radical (unpaired) electrons. The number of hydrogen-bond donors (Lipinski definition) is 1. The third-order valence-corrected chi connectivity index (χ3v) is 2.32. The molecule has 1 nitrogen and oxygen atoms in total. The zero-order chi connectivity index (χ0) is 7.23. The minimum absolute atomic E-state index is 0. The van der Waals surface area contributed by atoms with Gasteiger partial charge >= 0.3 is 0 Å². The fourth-order valence-corrected chi connectivity index (χ4v) is 1.67. The zero-order valence-electron chi connectivity index (χ0n) is 6.81. The van der Waals surface area contributed by atoms with Crippen molar-refractivity contribution < 1.29 is 0 Å². The lowest BCUT2D eigenvalue weighted by Gasteiger charge is -2.22. The molecule has 11 heavy (non-hydrogen) atoms. The largest absolute Gasteiger partial charge is 0.313 e. The van der Waals surface area contributed by atoms with Crippen molar-refractivity contribution in [2.24, 2.45) is 0 Å². The monoisotopic (exact) mass is 197 g/mol. The van der Waals surface area contributed by atoms with E-state index in [2.05, 4.69) is 5.32 Å². The van der Waals surface area contributed by atoms with Gasteiger partial charge in [0.25, 0.3) is 0 Å². The van der Waals surface area contributed by atoms with Crippen LogP contribution in [0.15, 0.2) is 0 Å². The summed E-state index contributed by atoms with van der Waals surface area (Å²) in [4.78, 5) is 0. The number of rotatable bonds is 3. The van der Waals surface area contributed by atoms with Crippen molar-refractivity contribution in [3.8, 4) is 0 Å². The summed E-state index contributed by atoms with van der Waals surface area (Å²) in [5.74, 6) is 0.747. The number of nitrogens with one attached hydrogen (secondary N) is 1. The van der Waals surface area contributed by atoms with Crippen molar-refractivity contribution in [2.75, 3.05) is 12.4 Å². The third kappa shape index (κ3) is 4.89. The van der Waals surface area contributed by atoms with Gasteiger partial charge in [-0.15, -0.1) is 24.0 Å². The summed E-state index contributed by atoms with van der Waals surface area (Å²) < 4.78 is 0. The lowest BCUT2D eigenvalue weighted by molar-refractivity contribution is 0.381.